The first-order valence-corrected chi connectivity index (χ1v) is 51.7. The van der Waals surface area contributed by atoms with Gasteiger partial charge >= 0.3 is 53.7 Å². The van der Waals surface area contributed by atoms with Crippen molar-refractivity contribution < 1.29 is 143 Å². The first-order chi connectivity index (χ1) is 71.5. The lowest BCUT2D eigenvalue weighted by molar-refractivity contribution is -0.155. The summed E-state index contributed by atoms with van der Waals surface area (Å²) in [5.41, 5.74) is 3.39. The highest BCUT2D eigenvalue weighted by Crippen LogP contribution is 2.32. The number of esters is 9. The van der Waals surface area contributed by atoms with Gasteiger partial charge < -0.3 is 100.0 Å². The number of anilines is 2. The Balaban J connectivity index is 0.000000467. The summed E-state index contributed by atoms with van der Waals surface area (Å²) in [6.07, 6.45) is 9.67. The van der Waals surface area contributed by atoms with Gasteiger partial charge in [-0.3, -0.25) is 53.3 Å². The van der Waals surface area contributed by atoms with Crippen molar-refractivity contribution in [3.63, 3.8) is 0 Å². The number of likely N-dealkylation sites (N-methyl/N-ethyl adjacent to an activating group) is 2. The highest BCUT2D eigenvalue weighted by atomic mass is 16.6. The molecule has 3 aromatic rings. The third kappa shape index (κ3) is 49.4. The molecule has 3 aliphatic rings. The van der Waals surface area contributed by atoms with Gasteiger partial charge in [-0.1, -0.05) is 98.7 Å². The molecule has 6 rings (SSSR count). The number of benzene rings is 3. The van der Waals surface area contributed by atoms with E-state index in [1.54, 1.807) is 20.8 Å². The standard InChI is InChI=1S/2C39H61N3O10.C33H48N2O10/c1-10-35(43)51-30(6)24-47-27-34(49-26-31(7)52-36(44)11-2)28-48-29(5)25-50-37(45)18-19-41-20-22-42(23-21-41)33-16-14-32(15-17-33)38(46)39(12-3,13-4)40(8)9;1-8-34(43)50-26-23-47-29-38(10-3,30-48-24-27-51-35(44)9-2)31-49-25-28-52-36(45)17-18-41-19-21-42(22-20-41)33-15-13-32(14-16-33)37(46)39(11-4,12-5)40(6)7;1-5-29(36)43-21-18-40-24-33(7-3,25-41-19-22-44-30(37)6-2)26-42-20-23-45-31(38)12-13-34-14-16-35(17-15-34)32(39)28-10-8-27(4)9-11-28/h10-11,14-17,29-31,34H,1-2,12-13,18-28H2,3-9H3;8-9,13-16H,1-2,10-12,17-31H2,3-7H3;5-6,8-11H,1-2,7,12-26H2,3-4H3. The van der Waals surface area contributed by atoms with E-state index in [1.165, 1.54) is 0 Å². The Kier molecular flexibility index (Phi) is 64.3. The number of ketones is 2. The molecule has 0 N–H and O–H groups in total. The number of carbonyl (C=O) groups is 12. The number of hydrogen-bond donors (Lipinski definition) is 0. The van der Waals surface area contributed by atoms with Crippen molar-refractivity contribution in [2.75, 3.05) is 288 Å². The van der Waals surface area contributed by atoms with Gasteiger partial charge in [0.15, 0.2) is 11.6 Å². The van der Waals surface area contributed by atoms with Gasteiger partial charge in [-0.15, -0.1) is 0 Å². The number of Topliss-reactive ketones (excluding diaryl/α,β-unsaturated/α-hetero) is 2. The number of amides is 1. The van der Waals surface area contributed by atoms with E-state index in [2.05, 4.69) is 91.7 Å². The minimum Gasteiger partial charge on any atom is -0.463 e. The van der Waals surface area contributed by atoms with Crippen LogP contribution < -0.4 is 9.80 Å². The Morgan fingerprint density at radius 3 is 0.933 bits per heavy atom. The second-order valence-corrected chi connectivity index (χ2v) is 37.1. The predicted octanol–water partition coefficient (Wildman–Crippen LogP) is 10.6. The van der Waals surface area contributed by atoms with Crippen molar-refractivity contribution in [2.24, 2.45) is 10.8 Å². The second kappa shape index (κ2) is 73.4. The van der Waals surface area contributed by atoms with Crippen LogP contribution in [0.3, 0.4) is 0 Å². The maximum Gasteiger partial charge on any atom is 0.330 e. The average Bonchev–Trinajstić information content (AvgIpc) is 0.797. The molecule has 3 aliphatic heterocycles. The molecule has 1 amide bonds. The maximum atomic E-state index is 13.4. The summed E-state index contributed by atoms with van der Waals surface area (Å²) in [5.74, 6) is -3.74. The zero-order chi connectivity index (χ0) is 110. The molecule has 0 aliphatic carbocycles. The van der Waals surface area contributed by atoms with Crippen molar-refractivity contribution >= 4 is 82.6 Å². The summed E-state index contributed by atoms with van der Waals surface area (Å²) in [7, 11) is 7.87. The Hall–Kier alpha value is -10.8. The molecule has 0 bridgehead atoms. The van der Waals surface area contributed by atoms with Crippen LogP contribution >= 0.6 is 0 Å². The lowest BCUT2D eigenvalue weighted by Crippen LogP contribution is -2.50. The number of nitrogens with zero attached hydrogens (tertiary/aromatic N) is 8. The zero-order valence-electron chi connectivity index (χ0n) is 91.0. The summed E-state index contributed by atoms with van der Waals surface area (Å²) in [4.78, 5) is 162. The lowest BCUT2D eigenvalue weighted by Gasteiger charge is -2.37. The van der Waals surface area contributed by atoms with E-state index in [1.807, 2.05) is 136 Å². The smallest absolute Gasteiger partial charge is 0.330 e. The van der Waals surface area contributed by atoms with E-state index >= 15 is 0 Å². The minimum atomic E-state index is -0.553. The van der Waals surface area contributed by atoms with Crippen LogP contribution in [0.5, 0.6) is 0 Å². The van der Waals surface area contributed by atoms with Crippen LogP contribution in [0.1, 0.15) is 157 Å². The Bertz CT molecular complexity index is 4440. The van der Waals surface area contributed by atoms with Crippen molar-refractivity contribution in [3.05, 3.63) is 171 Å². The molecule has 3 saturated heterocycles. The quantitative estimate of drug-likeness (QED) is 0.0166. The summed E-state index contributed by atoms with van der Waals surface area (Å²) < 4.78 is 98.7. The first-order valence-electron chi connectivity index (χ1n) is 51.7. The van der Waals surface area contributed by atoms with Crippen LogP contribution in [0.15, 0.2) is 149 Å². The molecule has 149 heavy (non-hydrogen) atoms. The van der Waals surface area contributed by atoms with Crippen molar-refractivity contribution in [3.8, 4) is 0 Å². The largest absolute Gasteiger partial charge is 0.463 e. The number of aryl methyl sites for hydroxylation is 1. The van der Waals surface area contributed by atoms with Gasteiger partial charge in [-0.05, 0) is 155 Å². The summed E-state index contributed by atoms with van der Waals surface area (Å²) in [5, 5.41) is 0. The van der Waals surface area contributed by atoms with E-state index in [9.17, 15) is 57.5 Å². The van der Waals surface area contributed by atoms with E-state index in [0.717, 1.165) is 143 Å². The number of piperazine rings is 3. The van der Waals surface area contributed by atoms with Crippen LogP contribution in [0, 0.1) is 17.8 Å². The molecular weight excluding hydrogens is 1930 g/mol. The van der Waals surface area contributed by atoms with Gasteiger partial charge in [0.05, 0.1) is 142 Å². The van der Waals surface area contributed by atoms with E-state index in [-0.39, 0.29) is 207 Å². The highest BCUT2D eigenvalue weighted by molar-refractivity contribution is 6.04. The molecular formula is C111H170N8O30. The minimum absolute atomic E-state index is 0.0299. The summed E-state index contributed by atoms with van der Waals surface area (Å²) in [6.45, 7) is 54.5. The fourth-order valence-electron chi connectivity index (χ4n) is 16.4. The van der Waals surface area contributed by atoms with Gasteiger partial charge in [0.1, 0.15) is 64.6 Å². The lowest BCUT2D eigenvalue weighted by atomic mass is 9.83. The van der Waals surface area contributed by atoms with Crippen LogP contribution in [-0.2, 0) is 128 Å². The molecule has 38 nitrogen and oxygen atoms in total. The number of rotatable bonds is 74. The molecule has 0 spiro atoms. The number of carbonyl (C=O) groups excluding carboxylic acids is 12. The highest BCUT2D eigenvalue weighted by Gasteiger charge is 2.40. The molecule has 3 aromatic carbocycles. The van der Waals surface area contributed by atoms with Crippen molar-refractivity contribution in [2.45, 2.75) is 163 Å². The van der Waals surface area contributed by atoms with Crippen LogP contribution in [0.2, 0.25) is 0 Å². The van der Waals surface area contributed by atoms with Gasteiger partial charge in [-0.2, -0.15) is 0 Å². The maximum absolute atomic E-state index is 13.4. The zero-order valence-corrected chi connectivity index (χ0v) is 91.0. The number of hydrogen-bond acceptors (Lipinski definition) is 37. The Morgan fingerprint density at radius 2 is 0.624 bits per heavy atom. The SMILES string of the molecule is C=CC(=O)OC(C)COCC(COC(C)COC(=O)CCN1CCN(c2ccc(C(=O)C(CC)(CC)N(C)C)cc2)CC1)OCC(C)OC(=O)C=C.C=CC(=O)OCCOCC(CC)(COCCOC(=O)C=C)COCCOC(=O)CCN1CCN(C(=O)c2ccc(C)cc2)CC1.C=CC(=O)OCCOCC(CC)(COCCOC(=O)C=C)COCCOC(=O)CCN1CCN(c2ccc(C(=O)C(CC)(CC)N(C)C)cc2)CC1. The fraction of sp³-hybridized carbons (Fsp3) is 0.622. The second-order valence-electron chi connectivity index (χ2n) is 37.1. The molecule has 3 heterocycles. The van der Waals surface area contributed by atoms with E-state index in [4.69, 9.17) is 85.3 Å². The van der Waals surface area contributed by atoms with Gasteiger partial charge in [-0.25, -0.2) is 28.8 Å². The molecule has 0 saturated carbocycles. The molecule has 4 atom stereocenters. The van der Waals surface area contributed by atoms with Crippen LogP contribution in [0.4, 0.5) is 11.4 Å². The molecule has 38 heteroatoms. The van der Waals surface area contributed by atoms with E-state index in [0.29, 0.717) is 64.2 Å². The van der Waals surface area contributed by atoms with Crippen molar-refractivity contribution in [1.29, 1.82) is 0 Å². The molecule has 0 aromatic heterocycles. The summed E-state index contributed by atoms with van der Waals surface area (Å²) >= 11 is 0. The first kappa shape index (κ1) is 130. The molecule has 3 fully saturated rings. The van der Waals surface area contributed by atoms with Crippen molar-refractivity contribution in [1.82, 2.24) is 29.4 Å². The normalized spacial score (nSPS) is 14.5. The fourth-order valence-corrected chi connectivity index (χ4v) is 16.4. The molecule has 4 unspecified atom stereocenters. The molecule has 0 radical (unpaired) electrons. The van der Waals surface area contributed by atoms with Gasteiger partial charge in [0, 0.05) is 174 Å². The predicted molar refractivity (Wildman–Crippen MR) is 566 cm³/mol. The number of ether oxygens (including phenoxy) is 18. The monoisotopic (exact) mass is 2100 g/mol. The van der Waals surface area contributed by atoms with Crippen LogP contribution in [-0.4, -0.2) is 414 Å². The third-order valence-corrected chi connectivity index (χ3v) is 26.2. The Labute approximate surface area is 882 Å². The topological polar surface area (TPSA) is 397 Å². The van der Waals surface area contributed by atoms with Gasteiger partial charge in [0.2, 0.25) is 0 Å². The molecule has 834 valence electrons. The van der Waals surface area contributed by atoms with E-state index < -0.39 is 82.1 Å². The van der Waals surface area contributed by atoms with Gasteiger partial charge in [0.25, 0.3) is 5.91 Å². The summed E-state index contributed by atoms with van der Waals surface area (Å²) in [6, 6.07) is 23.5. The third-order valence-electron chi connectivity index (χ3n) is 26.2. The van der Waals surface area contributed by atoms with Crippen LogP contribution in [0.25, 0.3) is 0 Å². The Morgan fingerprint density at radius 1 is 0.322 bits per heavy atom. The average molecular weight is 2100 g/mol.